The fourth-order valence-corrected chi connectivity index (χ4v) is 8.89. The van der Waals surface area contributed by atoms with Crippen LogP contribution in [0.3, 0.4) is 0 Å². The second kappa shape index (κ2) is 23.8. The smallest absolute Gasteiger partial charge is 0.387 e. The van der Waals surface area contributed by atoms with Crippen LogP contribution in [0.15, 0.2) is 164 Å². The molecule has 0 amide bonds. The second-order valence-electron chi connectivity index (χ2n) is 17.2. The van der Waals surface area contributed by atoms with Gasteiger partial charge in [0.25, 0.3) is 0 Å². The van der Waals surface area contributed by atoms with Gasteiger partial charge in [-0.1, -0.05) is 0 Å². The molecule has 3 aromatic heterocycles. The van der Waals surface area contributed by atoms with Crippen molar-refractivity contribution < 1.29 is 60.7 Å². The fourth-order valence-electron chi connectivity index (χ4n) is 8.89. The largest absolute Gasteiger partial charge is 0.497 e. The maximum Gasteiger partial charge on any atom is 0.387 e. The Hall–Kier alpha value is -9.44. The van der Waals surface area contributed by atoms with Gasteiger partial charge in [-0.25, -0.2) is 9.18 Å². The molecule has 0 bridgehead atoms. The zero-order valence-electron chi connectivity index (χ0n) is 43.4. The molecule has 394 valence electrons. The monoisotopic (exact) mass is 1050 g/mol. The van der Waals surface area contributed by atoms with Crippen LogP contribution in [0.4, 0.5) is 13.2 Å². The number of ether oxygens (including phenoxy) is 7. The SMILES string of the molecule is CCOC(=O)c1c(C)n(-c2ccc(OC)cc2)c2cc(OC(F)F)ccc12.COc1ccc(-n2cc(C(=O)c3ccc(F)cc3)c3ccc(OC)cc32)cc1.COc1ccc(-n2cc(C(C)=O)c3ccc(OC)cc32)cc1. The Morgan fingerprint density at radius 2 is 0.922 bits per heavy atom. The van der Waals surface area contributed by atoms with E-state index >= 15 is 0 Å². The molecule has 0 radical (unpaired) electrons. The van der Waals surface area contributed by atoms with Crippen molar-refractivity contribution in [2.75, 3.05) is 42.2 Å². The van der Waals surface area contributed by atoms with Crippen LogP contribution in [0.5, 0.6) is 34.5 Å². The average Bonchev–Trinajstić information content (AvgIpc) is 4.20. The molecule has 0 aliphatic rings. The number of alkyl halides is 2. The topological polar surface area (TPSA) is 131 Å². The lowest BCUT2D eigenvalue weighted by molar-refractivity contribution is -0.0497. The predicted molar refractivity (Wildman–Crippen MR) is 290 cm³/mol. The zero-order chi connectivity index (χ0) is 54.9. The van der Waals surface area contributed by atoms with E-state index in [9.17, 15) is 27.6 Å². The molecule has 0 saturated carbocycles. The van der Waals surface area contributed by atoms with Crippen LogP contribution in [0.2, 0.25) is 0 Å². The number of halogens is 3. The Kier molecular flexibility index (Phi) is 16.7. The highest BCUT2D eigenvalue weighted by Gasteiger charge is 2.24. The van der Waals surface area contributed by atoms with Crippen molar-refractivity contribution in [2.24, 2.45) is 0 Å². The fraction of sp³-hybridized carbons (Fsp3) is 0.164. The van der Waals surface area contributed by atoms with Crippen molar-refractivity contribution in [3.05, 3.63) is 198 Å². The summed E-state index contributed by atoms with van der Waals surface area (Å²) in [6.45, 7) is 2.39. The lowest BCUT2D eigenvalue weighted by atomic mass is 10.0. The quantitative estimate of drug-likeness (QED) is 0.0722. The molecular formula is C61H54F3N3O10. The number of hydrogen-bond acceptors (Lipinski definition) is 10. The summed E-state index contributed by atoms with van der Waals surface area (Å²) in [6.07, 6.45) is 3.67. The van der Waals surface area contributed by atoms with E-state index in [0.717, 1.165) is 56.1 Å². The average molecular weight is 1050 g/mol. The molecule has 0 spiro atoms. The molecular weight excluding hydrogens is 992 g/mol. The van der Waals surface area contributed by atoms with Crippen molar-refractivity contribution in [2.45, 2.75) is 27.4 Å². The van der Waals surface area contributed by atoms with E-state index in [-0.39, 0.29) is 29.7 Å². The number of aromatic nitrogens is 3. The van der Waals surface area contributed by atoms with E-state index in [4.69, 9.17) is 28.4 Å². The highest BCUT2D eigenvalue weighted by Crippen LogP contribution is 2.35. The number of nitrogens with zero attached hydrogens (tertiary/aromatic N) is 3. The lowest BCUT2D eigenvalue weighted by Gasteiger charge is -2.11. The summed E-state index contributed by atoms with van der Waals surface area (Å²) in [5, 5.41) is 2.32. The van der Waals surface area contributed by atoms with Crippen molar-refractivity contribution in [3.63, 3.8) is 0 Å². The molecule has 0 fully saturated rings. The molecule has 16 heteroatoms. The van der Waals surface area contributed by atoms with Crippen molar-refractivity contribution >= 4 is 50.2 Å². The summed E-state index contributed by atoms with van der Waals surface area (Å²) in [5.41, 5.74) is 7.67. The molecule has 0 aliphatic carbocycles. The van der Waals surface area contributed by atoms with Crippen LogP contribution >= 0.6 is 0 Å². The molecule has 0 aliphatic heterocycles. The summed E-state index contributed by atoms with van der Waals surface area (Å²) in [7, 11) is 8.06. The van der Waals surface area contributed by atoms with Crippen molar-refractivity contribution in [1.29, 1.82) is 0 Å². The van der Waals surface area contributed by atoms with Gasteiger partial charge in [0.2, 0.25) is 0 Å². The van der Waals surface area contributed by atoms with Gasteiger partial charge in [-0.3, -0.25) is 9.59 Å². The lowest BCUT2D eigenvalue weighted by Crippen LogP contribution is -2.07. The summed E-state index contributed by atoms with van der Waals surface area (Å²) < 4.78 is 80.2. The van der Waals surface area contributed by atoms with Crippen molar-refractivity contribution in [1.82, 2.24) is 13.7 Å². The van der Waals surface area contributed by atoms with Crippen LogP contribution in [-0.4, -0.2) is 80.0 Å². The third-order valence-electron chi connectivity index (χ3n) is 12.7. The van der Waals surface area contributed by atoms with Crippen LogP contribution in [0.25, 0.3) is 49.8 Å². The first kappa shape index (κ1) is 53.8. The van der Waals surface area contributed by atoms with E-state index in [2.05, 4.69) is 4.74 Å². The molecule has 3 heterocycles. The van der Waals surface area contributed by atoms with E-state index in [1.807, 2.05) is 112 Å². The van der Waals surface area contributed by atoms with Gasteiger partial charge in [-0.15, -0.1) is 0 Å². The van der Waals surface area contributed by atoms with Gasteiger partial charge >= 0.3 is 12.6 Å². The Balaban J connectivity index is 0.000000154. The second-order valence-corrected chi connectivity index (χ2v) is 17.2. The molecule has 10 rings (SSSR count). The van der Waals surface area contributed by atoms with Gasteiger partial charge in [0, 0.05) is 86.2 Å². The van der Waals surface area contributed by atoms with Gasteiger partial charge in [-0.05, 0) is 154 Å². The minimum absolute atomic E-state index is 0.0140. The standard InChI is InChI=1S/C23H18FNO3.C20H19F2NO4.C18H17NO3/c1-27-18-9-7-17(8-10-18)25-14-21(20-12-11-19(28-2)13-22(20)25)23(26)15-3-5-16(24)6-4-15;1-4-26-19(24)18-12(2)23(13-5-7-14(25-3)8-6-13)17-11-15(27-20(21)22)9-10-16(17)18;1-12(20)17-11-19(13-4-6-14(21-2)7-5-13)18-10-15(22-3)8-9-16(17)18/h3-14H,1-2H3;5-11,20H,4H2,1-3H3;4-11H,1-3H3. The molecule has 0 unspecified atom stereocenters. The zero-order valence-corrected chi connectivity index (χ0v) is 43.4. The Bertz CT molecular complexity index is 3720. The van der Waals surface area contributed by atoms with E-state index in [1.165, 1.54) is 36.4 Å². The number of carbonyl (C=O) groups is 3. The van der Waals surface area contributed by atoms with Crippen LogP contribution < -0.4 is 28.4 Å². The highest BCUT2D eigenvalue weighted by atomic mass is 19.3. The number of hydrogen-bond donors (Lipinski definition) is 0. The first-order valence-electron chi connectivity index (χ1n) is 24.1. The molecule has 0 saturated heterocycles. The van der Waals surface area contributed by atoms with E-state index in [0.29, 0.717) is 50.3 Å². The molecule has 0 atom stereocenters. The number of fused-ring (bicyclic) bond motifs is 3. The van der Waals surface area contributed by atoms with Gasteiger partial charge in [0.05, 0.1) is 64.3 Å². The number of rotatable bonds is 15. The molecule has 77 heavy (non-hydrogen) atoms. The molecule has 0 N–H and O–H groups in total. The minimum atomic E-state index is -2.93. The van der Waals surface area contributed by atoms with Gasteiger partial charge in [-0.2, -0.15) is 8.78 Å². The maximum absolute atomic E-state index is 13.2. The van der Waals surface area contributed by atoms with Crippen LogP contribution in [-0.2, 0) is 4.74 Å². The summed E-state index contributed by atoms with van der Waals surface area (Å²) in [4.78, 5) is 37.5. The molecule has 10 aromatic rings. The van der Waals surface area contributed by atoms with E-state index < -0.39 is 12.6 Å². The first-order chi connectivity index (χ1) is 37.2. The summed E-state index contributed by atoms with van der Waals surface area (Å²) in [5.74, 6) is 2.74. The third-order valence-corrected chi connectivity index (χ3v) is 12.7. The molecule has 13 nitrogen and oxygen atoms in total. The normalized spacial score (nSPS) is 10.9. The number of Topliss-reactive ketones (excluding diaryl/α,β-unsaturated/α-hetero) is 1. The third kappa shape index (κ3) is 11.6. The van der Waals surface area contributed by atoms with Gasteiger partial charge in [0.15, 0.2) is 11.6 Å². The van der Waals surface area contributed by atoms with Crippen LogP contribution in [0.1, 0.15) is 56.2 Å². The summed E-state index contributed by atoms with van der Waals surface area (Å²) in [6, 6.07) is 43.9. The first-order valence-corrected chi connectivity index (χ1v) is 24.1. The van der Waals surface area contributed by atoms with Crippen molar-refractivity contribution in [3.8, 4) is 51.6 Å². The highest BCUT2D eigenvalue weighted by molar-refractivity contribution is 6.17. The maximum atomic E-state index is 13.2. The Morgan fingerprint density at radius 3 is 1.38 bits per heavy atom. The number of carbonyl (C=O) groups excluding carboxylic acids is 3. The number of ketones is 2. The molecule has 7 aromatic carbocycles. The van der Waals surface area contributed by atoms with Gasteiger partial charge in [0.1, 0.15) is 40.3 Å². The Morgan fingerprint density at radius 1 is 0.506 bits per heavy atom. The number of methoxy groups -OCH3 is 5. The van der Waals surface area contributed by atoms with Crippen LogP contribution in [0, 0.1) is 12.7 Å². The Labute approximate surface area is 442 Å². The number of esters is 1. The van der Waals surface area contributed by atoms with Gasteiger partial charge < -0.3 is 46.9 Å². The predicted octanol–water partition coefficient (Wildman–Crippen LogP) is 13.6. The summed E-state index contributed by atoms with van der Waals surface area (Å²) >= 11 is 0. The number of benzene rings is 7. The van der Waals surface area contributed by atoms with E-state index in [1.54, 1.807) is 85.3 Å². The minimum Gasteiger partial charge on any atom is -0.497 e.